The smallest absolute Gasteiger partial charge is 0.270 e. The molecule has 1 aliphatic rings. The van der Waals surface area contributed by atoms with Gasteiger partial charge in [-0.15, -0.1) is 11.3 Å². The molecule has 4 aromatic rings. The number of pyridine rings is 1. The number of aromatic nitrogens is 3. The highest BCUT2D eigenvalue weighted by molar-refractivity contribution is 7.17. The minimum Gasteiger partial charge on any atom is -0.348 e. The van der Waals surface area contributed by atoms with Gasteiger partial charge in [0.15, 0.2) is 0 Å². The van der Waals surface area contributed by atoms with E-state index in [2.05, 4.69) is 15.4 Å². The highest BCUT2D eigenvalue weighted by atomic mass is 32.1. The first-order chi connectivity index (χ1) is 14.5. The Morgan fingerprint density at radius 2 is 2.03 bits per heavy atom. The van der Waals surface area contributed by atoms with Gasteiger partial charge in [0.2, 0.25) is 0 Å². The van der Waals surface area contributed by atoms with Gasteiger partial charge in [-0.25, -0.2) is 18.4 Å². The van der Waals surface area contributed by atoms with Gasteiger partial charge in [0.1, 0.15) is 5.69 Å². The second kappa shape index (κ2) is 7.28. The van der Waals surface area contributed by atoms with Gasteiger partial charge >= 0.3 is 0 Å². The molecule has 0 radical (unpaired) electrons. The van der Waals surface area contributed by atoms with Crippen LogP contribution in [0.5, 0.6) is 0 Å². The van der Waals surface area contributed by atoms with Crippen molar-refractivity contribution in [2.24, 2.45) is 0 Å². The standard InChI is InChI=1S/C22H18F2N4OS/c23-22(24)12-16(13-22)26-21(29)19-11-15(20-18(27-19)6-9-30-20)10-14-2-4-17(5-3-14)28-8-1-7-25-28/h1-9,11,16H,10,12-13H2,(H,26,29). The number of benzene rings is 1. The van der Waals surface area contributed by atoms with Crippen LogP contribution in [0.25, 0.3) is 15.9 Å². The lowest BCUT2D eigenvalue weighted by Gasteiger charge is -2.35. The van der Waals surface area contributed by atoms with E-state index in [1.807, 2.05) is 48.0 Å². The lowest BCUT2D eigenvalue weighted by Crippen LogP contribution is -2.50. The minimum atomic E-state index is -2.67. The summed E-state index contributed by atoms with van der Waals surface area (Å²) in [5, 5.41) is 8.84. The Balaban J connectivity index is 1.38. The van der Waals surface area contributed by atoms with Gasteiger partial charge in [0.25, 0.3) is 11.8 Å². The Morgan fingerprint density at radius 3 is 2.73 bits per heavy atom. The molecule has 8 heteroatoms. The number of hydrogen-bond donors (Lipinski definition) is 1. The third-order valence-corrected chi connectivity index (χ3v) is 6.22. The quantitative estimate of drug-likeness (QED) is 0.509. The van der Waals surface area contributed by atoms with E-state index >= 15 is 0 Å². The molecule has 1 N–H and O–H groups in total. The van der Waals surface area contributed by atoms with Crippen LogP contribution in [-0.2, 0) is 6.42 Å². The molecule has 1 amide bonds. The number of carbonyl (C=O) groups is 1. The summed E-state index contributed by atoms with van der Waals surface area (Å²) in [7, 11) is 0. The van der Waals surface area contributed by atoms with E-state index in [0.29, 0.717) is 6.42 Å². The zero-order valence-corrected chi connectivity index (χ0v) is 16.7. The van der Waals surface area contributed by atoms with Crippen molar-refractivity contribution in [1.29, 1.82) is 0 Å². The summed E-state index contributed by atoms with van der Waals surface area (Å²) in [6.07, 6.45) is 3.64. The molecule has 0 bridgehead atoms. The molecule has 152 valence electrons. The van der Waals surface area contributed by atoms with Gasteiger partial charge in [0, 0.05) is 31.3 Å². The highest BCUT2D eigenvalue weighted by Crippen LogP contribution is 2.37. The maximum Gasteiger partial charge on any atom is 0.270 e. The summed E-state index contributed by atoms with van der Waals surface area (Å²) >= 11 is 1.58. The maximum absolute atomic E-state index is 13.1. The van der Waals surface area contributed by atoms with Crippen molar-refractivity contribution in [2.45, 2.75) is 31.2 Å². The fourth-order valence-corrected chi connectivity index (χ4v) is 4.55. The molecule has 3 heterocycles. The summed E-state index contributed by atoms with van der Waals surface area (Å²) in [5.74, 6) is -3.07. The molecular formula is C22H18F2N4OS. The van der Waals surface area contributed by atoms with Crippen LogP contribution < -0.4 is 5.32 Å². The fourth-order valence-electron chi connectivity index (χ4n) is 3.70. The molecule has 1 aliphatic carbocycles. The van der Waals surface area contributed by atoms with Crippen LogP contribution in [-0.4, -0.2) is 32.6 Å². The summed E-state index contributed by atoms with van der Waals surface area (Å²) in [6.45, 7) is 0. The van der Waals surface area contributed by atoms with Gasteiger partial charge in [-0.2, -0.15) is 5.10 Å². The first-order valence-electron chi connectivity index (χ1n) is 9.62. The summed E-state index contributed by atoms with van der Waals surface area (Å²) < 4.78 is 28.9. The number of amides is 1. The number of alkyl halides is 2. The Bertz CT molecular complexity index is 1190. The van der Waals surface area contributed by atoms with Crippen molar-refractivity contribution in [2.75, 3.05) is 0 Å². The Hall–Kier alpha value is -3.13. The molecule has 1 saturated carbocycles. The van der Waals surface area contributed by atoms with Crippen LogP contribution in [0.2, 0.25) is 0 Å². The third-order valence-electron chi connectivity index (χ3n) is 5.25. The number of nitrogens with zero attached hydrogens (tertiary/aromatic N) is 3. The van der Waals surface area contributed by atoms with Gasteiger partial charge in [-0.3, -0.25) is 4.79 Å². The number of rotatable bonds is 5. The largest absolute Gasteiger partial charge is 0.348 e. The molecule has 0 aliphatic heterocycles. The number of hydrogen-bond acceptors (Lipinski definition) is 4. The number of carbonyl (C=O) groups excluding carboxylic acids is 1. The summed E-state index contributed by atoms with van der Waals surface area (Å²) in [4.78, 5) is 17.0. The number of thiophene rings is 1. The lowest BCUT2D eigenvalue weighted by molar-refractivity contribution is -0.0901. The average Bonchev–Trinajstić information content (AvgIpc) is 3.39. The monoisotopic (exact) mass is 424 g/mol. The molecule has 5 nitrogen and oxygen atoms in total. The maximum atomic E-state index is 13.1. The molecule has 1 aromatic carbocycles. The Morgan fingerprint density at radius 1 is 1.23 bits per heavy atom. The van der Waals surface area contributed by atoms with E-state index in [1.54, 1.807) is 28.3 Å². The van der Waals surface area contributed by atoms with Crippen molar-refractivity contribution < 1.29 is 13.6 Å². The Labute approximate surface area is 175 Å². The van der Waals surface area contributed by atoms with E-state index < -0.39 is 17.9 Å². The van der Waals surface area contributed by atoms with E-state index in [1.165, 1.54) is 0 Å². The first kappa shape index (κ1) is 18.9. The van der Waals surface area contributed by atoms with E-state index in [0.717, 1.165) is 27.0 Å². The molecule has 0 spiro atoms. The Kier molecular flexibility index (Phi) is 4.58. The van der Waals surface area contributed by atoms with Crippen molar-refractivity contribution in [3.8, 4) is 5.69 Å². The number of fused-ring (bicyclic) bond motifs is 1. The third kappa shape index (κ3) is 3.70. The van der Waals surface area contributed by atoms with Crippen molar-refractivity contribution in [3.05, 3.63) is 77.1 Å². The zero-order valence-electron chi connectivity index (χ0n) is 15.9. The first-order valence-corrected chi connectivity index (χ1v) is 10.5. The molecule has 1 fully saturated rings. The molecule has 0 unspecified atom stereocenters. The van der Waals surface area contributed by atoms with Crippen LogP contribution in [0.4, 0.5) is 8.78 Å². The van der Waals surface area contributed by atoms with Gasteiger partial charge in [-0.1, -0.05) is 12.1 Å². The molecule has 0 saturated heterocycles. The second-order valence-electron chi connectivity index (χ2n) is 7.53. The minimum absolute atomic E-state index is 0.263. The predicted molar refractivity (Wildman–Crippen MR) is 111 cm³/mol. The fraction of sp³-hybridized carbons (Fsp3) is 0.227. The summed E-state index contributed by atoms with van der Waals surface area (Å²) in [5.41, 5.74) is 4.06. The highest BCUT2D eigenvalue weighted by Gasteiger charge is 2.46. The van der Waals surface area contributed by atoms with Crippen LogP contribution >= 0.6 is 11.3 Å². The van der Waals surface area contributed by atoms with Gasteiger partial charge in [-0.05, 0) is 53.3 Å². The van der Waals surface area contributed by atoms with Crippen LogP contribution in [0.15, 0.2) is 60.2 Å². The van der Waals surface area contributed by atoms with Crippen LogP contribution in [0.1, 0.15) is 34.5 Å². The van der Waals surface area contributed by atoms with Crippen molar-refractivity contribution in [3.63, 3.8) is 0 Å². The topological polar surface area (TPSA) is 59.8 Å². The molecular weight excluding hydrogens is 406 g/mol. The van der Waals surface area contributed by atoms with Crippen LogP contribution in [0.3, 0.4) is 0 Å². The molecule has 30 heavy (non-hydrogen) atoms. The molecule has 3 aromatic heterocycles. The number of halogens is 2. The van der Waals surface area contributed by atoms with Crippen molar-refractivity contribution >= 4 is 27.5 Å². The second-order valence-corrected chi connectivity index (χ2v) is 8.45. The SMILES string of the molecule is O=C(NC1CC(F)(F)C1)c1cc(Cc2ccc(-n3cccn3)cc2)c2sccc2n1. The van der Waals surface area contributed by atoms with E-state index in [9.17, 15) is 13.6 Å². The zero-order chi connectivity index (χ0) is 20.7. The van der Waals surface area contributed by atoms with Crippen molar-refractivity contribution in [1.82, 2.24) is 20.1 Å². The van der Waals surface area contributed by atoms with E-state index in [-0.39, 0.29) is 18.5 Å². The predicted octanol–water partition coefficient (Wildman–Crippen LogP) is 4.60. The molecule has 5 rings (SSSR count). The van der Waals surface area contributed by atoms with Crippen LogP contribution in [0, 0.1) is 0 Å². The van der Waals surface area contributed by atoms with E-state index in [4.69, 9.17) is 0 Å². The lowest BCUT2D eigenvalue weighted by atomic mass is 9.88. The normalized spacial score (nSPS) is 15.8. The average molecular weight is 424 g/mol. The summed E-state index contributed by atoms with van der Waals surface area (Å²) in [6, 6.07) is 13.1. The van der Waals surface area contributed by atoms with Gasteiger partial charge in [0.05, 0.1) is 15.9 Å². The number of nitrogens with one attached hydrogen (secondary N) is 1. The van der Waals surface area contributed by atoms with Gasteiger partial charge < -0.3 is 5.32 Å². The molecule has 0 atom stereocenters.